The lowest BCUT2D eigenvalue weighted by atomic mass is 10.0. The van der Waals surface area contributed by atoms with E-state index in [0.29, 0.717) is 18.6 Å². The predicted molar refractivity (Wildman–Crippen MR) is 129 cm³/mol. The van der Waals surface area contributed by atoms with Crippen LogP contribution in [0.5, 0.6) is 0 Å². The highest BCUT2D eigenvalue weighted by Crippen LogP contribution is 2.20. The van der Waals surface area contributed by atoms with Gasteiger partial charge in [-0.05, 0) is 61.2 Å². The van der Waals surface area contributed by atoms with Gasteiger partial charge in [0.15, 0.2) is 5.78 Å². The van der Waals surface area contributed by atoms with Crippen molar-refractivity contribution in [1.82, 2.24) is 0 Å². The molecular formula is C27H38N2O2. The molecule has 0 saturated carbocycles. The number of Topliss-reactive ketones (excluding diaryl/α,β-unsaturated/α-hetero) is 1. The molecule has 0 bridgehead atoms. The number of unbranched alkanes of at least 4 members (excludes halogenated alkanes) is 6. The molecule has 0 aliphatic heterocycles. The van der Waals surface area contributed by atoms with E-state index in [-0.39, 0.29) is 5.78 Å². The van der Waals surface area contributed by atoms with E-state index in [1.165, 1.54) is 44.1 Å². The quantitative estimate of drug-likeness (QED) is 0.155. The fraction of sp³-hybridized carbons (Fsp3) is 0.519. The van der Waals surface area contributed by atoms with Crippen LogP contribution in [0.4, 0.5) is 11.4 Å². The van der Waals surface area contributed by atoms with Gasteiger partial charge in [0.25, 0.3) is 0 Å². The van der Waals surface area contributed by atoms with E-state index >= 15 is 0 Å². The Labute approximate surface area is 188 Å². The fourth-order valence-corrected chi connectivity index (χ4v) is 3.33. The van der Waals surface area contributed by atoms with Crippen LogP contribution >= 0.6 is 0 Å². The number of carbonyl (C=O) groups is 1. The van der Waals surface area contributed by atoms with Crippen molar-refractivity contribution in [3.8, 4) is 0 Å². The molecule has 31 heavy (non-hydrogen) atoms. The van der Waals surface area contributed by atoms with Gasteiger partial charge in [0.2, 0.25) is 0 Å². The number of benzene rings is 2. The Bertz CT molecular complexity index is 767. The van der Waals surface area contributed by atoms with Crippen molar-refractivity contribution in [2.75, 3.05) is 13.2 Å². The van der Waals surface area contributed by atoms with Gasteiger partial charge < -0.3 is 4.74 Å². The van der Waals surface area contributed by atoms with Gasteiger partial charge >= 0.3 is 0 Å². The zero-order valence-corrected chi connectivity index (χ0v) is 19.3. The van der Waals surface area contributed by atoms with Crippen LogP contribution in [-0.2, 0) is 11.2 Å². The van der Waals surface area contributed by atoms with Crippen LogP contribution in [0.15, 0.2) is 58.8 Å². The van der Waals surface area contributed by atoms with Crippen molar-refractivity contribution in [3.05, 3.63) is 59.7 Å². The smallest absolute Gasteiger partial charge is 0.165 e. The zero-order valence-electron chi connectivity index (χ0n) is 19.3. The van der Waals surface area contributed by atoms with Crippen molar-refractivity contribution in [2.45, 2.75) is 78.1 Å². The molecule has 0 aliphatic rings. The average Bonchev–Trinajstić information content (AvgIpc) is 2.81. The van der Waals surface area contributed by atoms with E-state index in [1.54, 1.807) is 0 Å². The summed E-state index contributed by atoms with van der Waals surface area (Å²) in [4.78, 5) is 12.2. The second kappa shape index (κ2) is 15.5. The number of carbonyl (C=O) groups excluding carboxylic acids is 1. The molecule has 0 aromatic heterocycles. The number of ketones is 1. The lowest BCUT2D eigenvalue weighted by Gasteiger charge is -2.03. The SMILES string of the molecule is CCCCCCCCc1ccc(N=Nc2ccc(C(=O)CCOCCCC)cc2)cc1. The average molecular weight is 423 g/mol. The highest BCUT2D eigenvalue weighted by Gasteiger charge is 2.05. The largest absolute Gasteiger partial charge is 0.381 e. The van der Waals surface area contributed by atoms with Gasteiger partial charge in [-0.3, -0.25) is 4.79 Å². The molecule has 0 unspecified atom stereocenters. The fourth-order valence-electron chi connectivity index (χ4n) is 3.33. The number of hydrogen-bond acceptors (Lipinski definition) is 4. The minimum atomic E-state index is 0.0981. The summed E-state index contributed by atoms with van der Waals surface area (Å²) in [7, 11) is 0. The summed E-state index contributed by atoms with van der Waals surface area (Å²) < 4.78 is 5.47. The first kappa shape index (κ1) is 24.9. The van der Waals surface area contributed by atoms with Gasteiger partial charge in [-0.2, -0.15) is 10.2 Å². The second-order valence-electron chi connectivity index (χ2n) is 8.07. The Hall–Kier alpha value is -2.33. The molecule has 4 nitrogen and oxygen atoms in total. The lowest BCUT2D eigenvalue weighted by molar-refractivity contribution is 0.0873. The van der Waals surface area contributed by atoms with Gasteiger partial charge in [0, 0.05) is 18.6 Å². The normalized spacial score (nSPS) is 11.3. The van der Waals surface area contributed by atoms with Crippen molar-refractivity contribution in [3.63, 3.8) is 0 Å². The van der Waals surface area contributed by atoms with E-state index in [1.807, 2.05) is 36.4 Å². The van der Waals surface area contributed by atoms with Crippen LogP contribution < -0.4 is 0 Å². The van der Waals surface area contributed by atoms with Crippen molar-refractivity contribution in [2.24, 2.45) is 10.2 Å². The molecule has 0 heterocycles. The van der Waals surface area contributed by atoms with Crippen molar-refractivity contribution >= 4 is 17.2 Å². The number of azo groups is 1. The molecule has 168 valence electrons. The molecule has 2 aromatic carbocycles. The Morgan fingerprint density at radius 3 is 1.94 bits per heavy atom. The maximum absolute atomic E-state index is 12.2. The van der Waals surface area contributed by atoms with E-state index in [2.05, 4.69) is 36.2 Å². The van der Waals surface area contributed by atoms with Gasteiger partial charge in [0.1, 0.15) is 0 Å². The summed E-state index contributed by atoms with van der Waals surface area (Å²) in [6.45, 7) is 5.58. The molecule has 0 saturated heterocycles. The van der Waals surface area contributed by atoms with Gasteiger partial charge in [-0.25, -0.2) is 0 Å². The van der Waals surface area contributed by atoms with Crippen LogP contribution in [0.2, 0.25) is 0 Å². The first-order valence-corrected chi connectivity index (χ1v) is 11.9. The Balaban J connectivity index is 1.74. The summed E-state index contributed by atoms with van der Waals surface area (Å²) >= 11 is 0. The highest BCUT2D eigenvalue weighted by atomic mass is 16.5. The third-order valence-electron chi connectivity index (χ3n) is 5.34. The Kier molecular flexibility index (Phi) is 12.4. The maximum atomic E-state index is 12.2. The van der Waals surface area contributed by atoms with Crippen molar-refractivity contribution in [1.29, 1.82) is 0 Å². The van der Waals surface area contributed by atoms with Gasteiger partial charge in [0.05, 0.1) is 18.0 Å². The second-order valence-corrected chi connectivity index (χ2v) is 8.07. The molecule has 0 atom stereocenters. The molecule has 0 radical (unpaired) electrons. The molecule has 2 aromatic rings. The summed E-state index contributed by atoms with van der Waals surface area (Å²) in [6.07, 6.45) is 11.6. The molecule has 0 N–H and O–H groups in total. The van der Waals surface area contributed by atoms with Crippen LogP contribution in [0, 0.1) is 0 Å². The predicted octanol–water partition coefficient (Wildman–Crippen LogP) is 8.39. The monoisotopic (exact) mass is 422 g/mol. The zero-order chi connectivity index (χ0) is 22.2. The molecule has 0 amide bonds. The minimum Gasteiger partial charge on any atom is -0.381 e. The summed E-state index contributed by atoms with van der Waals surface area (Å²) in [5.41, 5.74) is 3.64. The van der Waals surface area contributed by atoms with Crippen LogP contribution in [-0.4, -0.2) is 19.0 Å². The van der Waals surface area contributed by atoms with E-state index in [4.69, 9.17) is 4.74 Å². The molecule has 0 spiro atoms. The molecule has 4 heteroatoms. The van der Waals surface area contributed by atoms with E-state index in [0.717, 1.165) is 37.2 Å². The summed E-state index contributed by atoms with van der Waals surface area (Å²) in [5.74, 6) is 0.0981. The molecule has 2 rings (SSSR count). The number of hydrogen-bond donors (Lipinski definition) is 0. The van der Waals surface area contributed by atoms with Crippen LogP contribution in [0.3, 0.4) is 0 Å². The lowest BCUT2D eigenvalue weighted by Crippen LogP contribution is -2.05. The van der Waals surface area contributed by atoms with Crippen LogP contribution in [0.1, 0.15) is 87.6 Å². The van der Waals surface area contributed by atoms with Gasteiger partial charge in [-0.1, -0.05) is 64.5 Å². The molecule has 0 fully saturated rings. The molecule has 0 aliphatic carbocycles. The van der Waals surface area contributed by atoms with E-state index < -0.39 is 0 Å². The Morgan fingerprint density at radius 1 is 0.710 bits per heavy atom. The minimum absolute atomic E-state index is 0.0981. The maximum Gasteiger partial charge on any atom is 0.165 e. The number of aryl methyl sites for hydroxylation is 1. The Morgan fingerprint density at radius 2 is 1.29 bits per heavy atom. The first-order chi connectivity index (χ1) is 15.2. The third-order valence-corrected chi connectivity index (χ3v) is 5.34. The summed E-state index contributed by atoms with van der Waals surface area (Å²) in [5, 5.41) is 8.62. The highest BCUT2D eigenvalue weighted by molar-refractivity contribution is 5.96. The van der Waals surface area contributed by atoms with Crippen LogP contribution in [0.25, 0.3) is 0 Å². The number of nitrogens with zero attached hydrogens (tertiary/aromatic N) is 2. The topological polar surface area (TPSA) is 51.0 Å². The first-order valence-electron chi connectivity index (χ1n) is 11.9. The van der Waals surface area contributed by atoms with Crippen molar-refractivity contribution < 1.29 is 9.53 Å². The summed E-state index contributed by atoms with van der Waals surface area (Å²) in [6, 6.07) is 15.6. The number of ether oxygens (including phenoxy) is 1. The van der Waals surface area contributed by atoms with E-state index in [9.17, 15) is 4.79 Å². The third kappa shape index (κ3) is 10.5. The standard InChI is InChI=1S/C27H38N2O2/c1-3-5-7-8-9-10-11-23-12-16-25(17-13-23)28-29-26-18-14-24(15-19-26)27(30)20-22-31-21-6-4-2/h12-19H,3-11,20-22H2,1-2H3. The number of rotatable bonds is 16. The molecular weight excluding hydrogens is 384 g/mol. The van der Waals surface area contributed by atoms with Gasteiger partial charge in [-0.15, -0.1) is 0 Å².